The largest absolute Gasteiger partial charge is 0.455 e. The van der Waals surface area contributed by atoms with Crippen molar-refractivity contribution in [2.75, 3.05) is 0 Å². The third-order valence-corrected chi connectivity index (χ3v) is 7.15. The molecule has 0 saturated heterocycles. The maximum absolute atomic E-state index is 6.48. The summed E-state index contributed by atoms with van der Waals surface area (Å²) >= 11 is 0. The summed E-state index contributed by atoms with van der Waals surface area (Å²) in [7, 11) is 0. The molecule has 0 saturated carbocycles. The van der Waals surface area contributed by atoms with Gasteiger partial charge in [-0.1, -0.05) is 97.1 Å². The molecule has 8 aromatic rings. The van der Waals surface area contributed by atoms with Gasteiger partial charge in [0, 0.05) is 27.5 Å². The predicted octanol–water partition coefficient (Wildman–Crippen LogP) is 9.19. The van der Waals surface area contributed by atoms with Gasteiger partial charge in [0.05, 0.1) is 17.0 Å². The van der Waals surface area contributed by atoms with Crippen LogP contribution in [0.5, 0.6) is 0 Å². The van der Waals surface area contributed by atoms with Crippen molar-refractivity contribution in [1.29, 1.82) is 0 Å². The van der Waals surface area contributed by atoms with Gasteiger partial charge in [0.15, 0.2) is 11.4 Å². The van der Waals surface area contributed by atoms with Crippen LogP contribution >= 0.6 is 0 Å². The van der Waals surface area contributed by atoms with Crippen LogP contribution in [0.15, 0.2) is 136 Å². The van der Waals surface area contributed by atoms with Crippen molar-refractivity contribution in [3.8, 4) is 45.4 Å². The van der Waals surface area contributed by atoms with E-state index in [0.29, 0.717) is 11.7 Å². The molecule has 40 heavy (non-hydrogen) atoms. The Morgan fingerprint density at radius 3 is 1.98 bits per heavy atom. The number of hydrogen-bond donors (Lipinski definition) is 0. The third kappa shape index (κ3) is 3.68. The maximum atomic E-state index is 6.48. The van der Waals surface area contributed by atoms with Gasteiger partial charge in [-0.05, 0) is 30.3 Å². The maximum Gasteiger partial charge on any atom is 0.231 e. The van der Waals surface area contributed by atoms with E-state index in [2.05, 4.69) is 30.3 Å². The molecule has 0 N–H and O–H groups in total. The first-order valence-electron chi connectivity index (χ1n) is 13.1. The Kier molecular flexibility index (Phi) is 5.07. The van der Waals surface area contributed by atoms with E-state index >= 15 is 0 Å². The lowest BCUT2D eigenvalue weighted by Crippen LogP contribution is -1.96. The molecule has 0 spiro atoms. The van der Waals surface area contributed by atoms with Crippen molar-refractivity contribution < 1.29 is 8.83 Å². The molecule has 188 valence electrons. The number of aromatic nitrogens is 3. The van der Waals surface area contributed by atoms with E-state index in [-0.39, 0.29) is 0 Å². The Bertz CT molecular complexity index is 2070. The van der Waals surface area contributed by atoms with Crippen molar-refractivity contribution in [3.05, 3.63) is 127 Å². The van der Waals surface area contributed by atoms with E-state index in [9.17, 15) is 0 Å². The average Bonchev–Trinajstić information content (AvgIpc) is 3.63. The lowest BCUT2D eigenvalue weighted by Gasteiger charge is -2.10. The summed E-state index contributed by atoms with van der Waals surface area (Å²) < 4.78 is 12.6. The van der Waals surface area contributed by atoms with Crippen LogP contribution in [-0.2, 0) is 0 Å². The normalized spacial score (nSPS) is 11.5. The van der Waals surface area contributed by atoms with Crippen LogP contribution in [0.3, 0.4) is 0 Å². The molecular weight excluding hydrogens is 494 g/mol. The average molecular weight is 516 g/mol. The SMILES string of the molecule is c1ccc(-c2cc(-c3cccc4oc5c(-c6nc7ccccc7o6)cccc5c34)nc(-c3ccccc3)n2)cc1. The first kappa shape index (κ1) is 22.4. The second-order valence-corrected chi connectivity index (χ2v) is 9.64. The standard InChI is InChI=1S/C35H21N3O2/c1-3-11-22(12-4-1)28-21-29(37-34(36-28)23-13-5-2-6-14-23)24-15-10-20-31-32(24)25-16-9-17-26(33(25)39-31)35-38-27-18-7-8-19-30(27)40-35/h1-21H. The highest BCUT2D eigenvalue weighted by atomic mass is 16.4. The van der Waals surface area contributed by atoms with Crippen LogP contribution in [0.25, 0.3) is 78.4 Å². The number of benzene rings is 5. The van der Waals surface area contributed by atoms with E-state index in [1.165, 1.54) is 0 Å². The van der Waals surface area contributed by atoms with Crippen molar-refractivity contribution in [3.63, 3.8) is 0 Å². The van der Waals surface area contributed by atoms with Gasteiger partial charge in [-0.3, -0.25) is 0 Å². The molecule has 0 unspecified atom stereocenters. The molecule has 0 atom stereocenters. The second kappa shape index (κ2) is 9.03. The van der Waals surface area contributed by atoms with E-state index in [1.54, 1.807) is 0 Å². The molecule has 0 aliphatic rings. The molecule has 8 rings (SSSR count). The number of furan rings is 1. The monoisotopic (exact) mass is 515 g/mol. The Morgan fingerprint density at radius 1 is 0.475 bits per heavy atom. The van der Waals surface area contributed by atoms with E-state index < -0.39 is 0 Å². The van der Waals surface area contributed by atoms with Gasteiger partial charge >= 0.3 is 0 Å². The van der Waals surface area contributed by atoms with Crippen LogP contribution in [0.4, 0.5) is 0 Å². The summed E-state index contributed by atoms with van der Waals surface area (Å²) in [6, 6.07) is 42.3. The van der Waals surface area contributed by atoms with Crippen molar-refractivity contribution in [2.45, 2.75) is 0 Å². The molecule has 0 fully saturated rings. The number of fused-ring (bicyclic) bond motifs is 4. The van der Waals surface area contributed by atoms with E-state index in [0.717, 1.165) is 66.7 Å². The fourth-order valence-corrected chi connectivity index (χ4v) is 5.28. The van der Waals surface area contributed by atoms with Crippen molar-refractivity contribution >= 4 is 33.0 Å². The molecule has 5 aromatic carbocycles. The summed E-state index contributed by atoms with van der Waals surface area (Å²) in [6.45, 7) is 0. The Hall–Kier alpha value is -5.55. The molecule has 0 radical (unpaired) electrons. The Morgan fingerprint density at radius 2 is 1.15 bits per heavy atom. The topological polar surface area (TPSA) is 65.0 Å². The number of rotatable bonds is 4. The van der Waals surface area contributed by atoms with Crippen LogP contribution in [0.2, 0.25) is 0 Å². The van der Waals surface area contributed by atoms with Gasteiger partial charge < -0.3 is 8.83 Å². The zero-order valence-electron chi connectivity index (χ0n) is 21.3. The van der Waals surface area contributed by atoms with Crippen LogP contribution in [-0.4, -0.2) is 15.0 Å². The molecule has 5 heteroatoms. The first-order valence-corrected chi connectivity index (χ1v) is 13.1. The predicted molar refractivity (Wildman–Crippen MR) is 159 cm³/mol. The molecular formula is C35H21N3O2. The lowest BCUT2D eigenvalue weighted by atomic mass is 10.0. The minimum atomic E-state index is 0.534. The highest BCUT2D eigenvalue weighted by Crippen LogP contribution is 2.41. The zero-order valence-corrected chi connectivity index (χ0v) is 21.3. The highest BCUT2D eigenvalue weighted by molar-refractivity contribution is 6.15. The minimum absolute atomic E-state index is 0.534. The van der Waals surface area contributed by atoms with Crippen LogP contribution < -0.4 is 0 Å². The van der Waals surface area contributed by atoms with Crippen LogP contribution in [0.1, 0.15) is 0 Å². The summed E-state index contributed by atoms with van der Waals surface area (Å²) in [5.41, 5.74) is 8.54. The molecule has 0 amide bonds. The fourth-order valence-electron chi connectivity index (χ4n) is 5.28. The highest BCUT2D eigenvalue weighted by Gasteiger charge is 2.20. The summed E-state index contributed by atoms with van der Waals surface area (Å²) in [6.07, 6.45) is 0. The molecule has 3 aromatic heterocycles. The van der Waals surface area contributed by atoms with Gasteiger partial charge in [0.2, 0.25) is 5.89 Å². The third-order valence-electron chi connectivity index (χ3n) is 7.15. The Labute approximate surface area is 229 Å². The Balaban J connectivity index is 1.37. The quantitative estimate of drug-likeness (QED) is 0.234. The number of hydrogen-bond acceptors (Lipinski definition) is 5. The molecule has 5 nitrogen and oxygen atoms in total. The zero-order chi connectivity index (χ0) is 26.5. The smallest absolute Gasteiger partial charge is 0.231 e. The molecule has 0 bridgehead atoms. The van der Waals surface area contributed by atoms with Crippen LogP contribution in [0, 0.1) is 0 Å². The van der Waals surface area contributed by atoms with Crippen molar-refractivity contribution in [1.82, 2.24) is 15.0 Å². The van der Waals surface area contributed by atoms with Gasteiger partial charge in [0.25, 0.3) is 0 Å². The number of oxazole rings is 1. The van der Waals surface area contributed by atoms with Gasteiger partial charge in [-0.2, -0.15) is 0 Å². The van der Waals surface area contributed by atoms with Gasteiger partial charge in [-0.15, -0.1) is 0 Å². The molecule has 0 aliphatic carbocycles. The minimum Gasteiger partial charge on any atom is -0.455 e. The van der Waals surface area contributed by atoms with Gasteiger partial charge in [0.1, 0.15) is 16.7 Å². The summed E-state index contributed by atoms with van der Waals surface area (Å²) in [5, 5.41) is 1.97. The van der Waals surface area contributed by atoms with Gasteiger partial charge in [-0.25, -0.2) is 15.0 Å². The summed E-state index contributed by atoms with van der Waals surface area (Å²) in [5.74, 6) is 1.21. The molecule has 3 heterocycles. The fraction of sp³-hybridized carbons (Fsp3) is 0. The number of para-hydroxylation sites is 3. The van der Waals surface area contributed by atoms with E-state index in [4.69, 9.17) is 23.8 Å². The van der Waals surface area contributed by atoms with E-state index in [1.807, 2.05) is 97.1 Å². The van der Waals surface area contributed by atoms with Crippen molar-refractivity contribution in [2.24, 2.45) is 0 Å². The number of nitrogens with zero attached hydrogens (tertiary/aromatic N) is 3. The lowest BCUT2D eigenvalue weighted by molar-refractivity contribution is 0.615. The molecule has 0 aliphatic heterocycles. The first-order chi connectivity index (χ1) is 19.8. The second-order valence-electron chi connectivity index (χ2n) is 9.64. The summed E-state index contributed by atoms with van der Waals surface area (Å²) in [4.78, 5) is 14.7.